The maximum Gasteiger partial charge on any atom is 0.0705 e. The van der Waals surface area contributed by atoms with Crippen LogP contribution in [0.5, 0.6) is 0 Å². The van der Waals surface area contributed by atoms with Crippen molar-refractivity contribution in [2.24, 2.45) is 0 Å². The van der Waals surface area contributed by atoms with Crippen LogP contribution in [-0.4, -0.2) is 11.0 Å². The van der Waals surface area contributed by atoms with Crippen LogP contribution in [0.4, 0.5) is 0 Å². The zero-order valence-electron chi connectivity index (χ0n) is 11.8. The number of hydrogen-bond donors (Lipinski definition) is 2. The minimum atomic E-state index is 0.536. The van der Waals surface area contributed by atoms with Gasteiger partial charge in [-0.25, -0.2) is 0 Å². The Morgan fingerprint density at radius 2 is 2.05 bits per heavy atom. The molecule has 2 N–H and O–H groups in total. The number of para-hydroxylation sites is 1. The molecule has 0 radical (unpaired) electrons. The van der Waals surface area contributed by atoms with Crippen molar-refractivity contribution in [1.82, 2.24) is 10.3 Å². The highest BCUT2D eigenvalue weighted by molar-refractivity contribution is 6.36. The van der Waals surface area contributed by atoms with Gasteiger partial charge in [-0.2, -0.15) is 0 Å². The Labute approximate surface area is 120 Å². The third-order valence-corrected chi connectivity index (χ3v) is 4.01. The maximum absolute atomic E-state index is 6.40. The number of benzene rings is 1. The quantitative estimate of drug-likeness (QED) is 0.694. The molecule has 0 amide bonds. The highest BCUT2D eigenvalue weighted by atomic mass is 35.5. The Morgan fingerprint density at radius 1 is 1.26 bits per heavy atom. The number of rotatable bonds is 7. The molecule has 1 heterocycles. The largest absolute Gasteiger partial charge is 0.356 e. The van der Waals surface area contributed by atoms with E-state index >= 15 is 0 Å². The monoisotopic (exact) mass is 278 g/mol. The van der Waals surface area contributed by atoms with Crippen LogP contribution in [0.25, 0.3) is 10.9 Å². The van der Waals surface area contributed by atoms with Crippen LogP contribution in [0.3, 0.4) is 0 Å². The minimum Gasteiger partial charge on any atom is -0.356 e. The van der Waals surface area contributed by atoms with Crippen LogP contribution in [-0.2, 0) is 6.54 Å². The Morgan fingerprint density at radius 3 is 2.79 bits per heavy atom. The van der Waals surface area contributed by atoms with E-state index in [0.717, 1.165) is 28.2 Å². The van der Waals surface area contributed by atoms with Crippen molar-refractivity contribution in [2.45, 2.75) is 52.1 Å². The number of aromatic nitrogens is 1. The number of aromatic amines is 1. The second-order valence-electron chi connectivity index (χ2n) is 5.24. The van der Waals surface area contributed by atoms with Crippen LogP contribution < -0.4 is 5.32 Å². The van der Waals surface area contributed by atoms with Crippen LogP contribution >= 0.6 is 11.6 Å². The van der Waals surface area contributed by atoms with Crippen LogP contribution in [0.15, 0.2) is 24.3 Å². The van der Waals surface area contributed by atoms with Gasteiger partial charge in [-0.3, -0.25) is 0 Å². The van der Waals surface area contributed by atoms with Gasteiger partial charge in [-0.05, 0) is 19.4 Å². The summed E-state index contributed by atoms with van der Waals surface area (Å²) in [7, 11) is 0. The SMILES string of the molecule is CCCCCC(C)NCc1[nH]c2ccccc2c1Cl. The van der Waals surface area contributed by atoms with Gasteiger partial charge in [0, 0.05) is 29.2 Å². The molecule has 0 spiro atoms. The molecule has 19 heavy (non-hydrogen) atoms. The Balaban J connectivity index is 1.92. The molecule has 2 nitrogen and oxygen atoms in total. The lowest BCUT2D eigenvalue weighted by Gasteiger charge is -2.12. The van der Waals surface area contributed by atoms with E-state index in [-0.39, 0.29) is 0 Å². The molecule has 0 aliphatic heterocycles. The molecule has 2 rings (SSSR count). The van der Waals surface area contributed by atoms with E-state index in [1.165, 1.54) is 25.7 Å². The lowest BCUT2D eigenvalue weighted by Crippen LogP contribution is -2.25. The summed E-state index contributed by atoms with van der Waals surface area (Å²) in [6, 6.07) is 8.71. The number of fused-ring (bicyclic) bond motifs is 1. The van der Waals surface area contributed by atoms with E-state index < -0.39 is 0 Å². The average Bonchev–Trinajstić information content (AvgIpc) is 2.74. The van der Waals surface area contributed by atoms with Crippen molar-refractivity contribution in [1.29, 1.82) is 0 Å². The maximum atomic E-state index is 6.40. The molecule has 0 aliphatic rings. The molecule has 1 atom stereocenters. The van der Waals surface area contributed by atoms with Gasteiger partial charge in [0.15, 0.2) is 0 Å². The molecule has 104 valence electrons. The zero-order valence-corrected chi connectivity index (χ0v) is 12.6. The van der Waals surface area contributed by atoms with E-state index in [4.69, 9.17) is 11.6 Å². The number of halogens is 1. The van der Waals surface area contributed by atoms with Crippen LogP contribution in [0.2, 0.25) is 5.02 Å². The van der Waals surface area contributed by atoms with Crippen molar-refractivity contribution in [2.75, 3.05) is 0 Å². The van der Waals surface area contributed by atoms with E-state index in [9.17, 15) is 0 Å². The summed E-state index contributed by atoms with van der Waals surface area (Å²) in [6.45, 7) is 5.29. The fraction of sp³-hybridized carbons (Fsp3) is 0.500. The van der Waals surface area contributed by atoms with Crippen LogP contribution in [0.1, 0.15) is 45.2 Å². The molecule has 1 aromatic carbocycles. The fourth-order valence-electron chi connectivity index (χ4n) is 2.36. The lowest BCUT2D eigenvalue weighted by molar-refractivity contribution is 0.485. The summed E-state index contributed by atoms with van der Waals surface area (Å²) in [5, 5.41) is 5.51. The zero-order chi connectivity index (χ0) is 13.7. The van der Waals surface area contributed by atoms with E-state index in [2.05, 4.69) is 36.3 Å². The molecule has 1 unspecified atom stereocenters. The molecule has 0 fully saturated rings. The fourth-order valence-corrected chi connectivity index (χ4v) is 2.64. The summed E-state index contributed by atoms with van der Waals surface area (Å²) < 4.78 is 0. The van der Waals surface area contributed by atoms with Crippen molar-refractivity contribution >= 4 is 22.5 Å². The summed E-state index contributed by atoms with van der Waals surface area (Å²) in [4.78, 5) is 3.39. The highest BCUT2D eigenvalue weighted by Crippen LogP contribution is 2.27. The molecule has 0 saturated carbocycles. The van der Waals surface area contributed by atoms with Gasteiger partial charge in [-0.15, -0.1) is 0 Å². The van der Waals surface area contributed by atoms with Gasteiger partial charge in [0.05, 0.1) is 5.02 Å². The molecule has 0 aliphatic carbocycles. The third-order valence-electron chi connectivity index (χ3n) is 3.58. The van der Waals surface area contributed by atoms with Gasteiger partial charge in [0.1, 0.15) is 0 Å². The van der Waals surface area contributed by atoms with Crippen molar-refractivity contribution in [3.63, 3.8) is 0 Å². The lowest BCUT2D eigenvalue weighted by atomic mass is 10.1. The first kappa shape index (κ1) is 14.4. The second kappa shape index (κ2) is 6.97. The van der Waals surface area contributed by atoms with Gasteiger partial charge in [0.25, 0.3) is 0 Å². The summed E-state index contributed by atoms with van der Waals surface area (Å²) in [5.41, 5.74) is 2.20. The van der Waals surface area contributed by atoms with Crippen LogP contribution in [0, 0.1) is 0 Å². The molecular weight excluding hydrogens is 256 g/mol. The molecular formula is C16H23ClN2. The Kier molecular flexibility index (Phi) is 5.29. The standard InChI is InChI=1S/C16H23ClN2/c1-3-4-5-8-12(2)18-11-15-16(17)13-9-6-7-10-14(13)19-15/h6-7,9-10,12,18-19H,3-5,8,11H2,1-2H3. The molecule has 1 aromatic heterocycles. The Bertz CT molecular complexity index is 518. The Hall–Kier alpha value is -0.990. The minimum absolute atomic E-state index is 0.536. The molecule has 0 saturated heterocycles. The summed E-state index contributed by atoms with van der Waals surface area (Å²) in [5.74, 6) is 0. The van der Waals surface area contributed by atoms with Crippen molar-refractivity contribution in [3.05, 3.63) is 35.0 Å². The van der Waals surface area contributed by atoms with E-state index in [0.29, 0.717) is 6.04 Å². The van der Waals surface area contributed by atoms with E-state index in [1.54, 1.807) is 0 Å². The van der Waals surface area contributed by atoms with Gasteiger partial charge in [-0.1, -0.05) is 56.0 Å². The highest BCUT2D eigenvalue weighted by Gasteiger charge is 2.09. The first-order chi connectivity index (χ1) is 9.22. The topological polar surface area (TPSA) is 27.8 Å². The van der Waals surface area contributed by atoms with Crippen molar-refractivity contribution in [3.8, 4) is 0 Å². The predicted molar refractivity (Wildman–Crippen MR) is 83.8 cm³/mol. The smallest absolute Gasteiger partial charge is 0.0705 e. The second-order valence-corrected chi connectivity index (χ2v) is 5.62. The molecule has 3 heteroatoms. The predicted octanol–water partition coefficient (Wildman–Crippen LogP) is 4.88. The number of H-pyrrole nitrogens is 1. The normalized spacial score (nSPS) is 13.0. The molecule has 2 aromatic rings. The first-order valence-corrected chi connectivity index (χ1v) is 7.58. The van der Waals surface area contributed by atoms with Crippen molar-refractivity contribution < 1.29 is 0 Å². The number of nitrogens with one attached hydrogen (secondary N) is 2. The average molecular weight is 279 g/mol. The summed E-state index contributed by atoms with van der Waals surface area (Å²) in [6.07, 6.45) is 5.12. The number of hydrogen-bond acceptors (Lipinski definition) is 1. The molecule has 0 bridgehead atoms. The van der Waals surface area contributed by atoms with Gasteiger partial charge in [0.2, 0.25) is 0 Å². The first-order valence-electron chi connectivity index (χ1n) is 7.20. The van der Waals surface area contributed by atoms with Gasteiger partial charge < -0.3 is 10.3 Å². The third kappa shape index (κ3) is 3.74. The van der Waals surface area contributed by atoms with Gasteiger partial charge >= 0.3 is 0 Å². The number of unbranched alkanes of at least 4 members (excludes halogenated alkanes) is 2. The summed E-state index contributed by atoms with van der Waals surface area (Å²) >= 11 is 6.40. The van der Waals surface area contributed by atoms with E-state index in [1.807, 2.05) is 12.1 Å².